The molecule has 1 aromatic carbocycles. The Labute approximate surface area is 128 Å². The molecule has 2 aromatic heterocycles. The van der Waals surface area contributed by atoms with E-state index in [9.17, 15) is 0 Å². The molecule has 110 valence electrons. The van der Waals surface area contributed by atoms with Crippen LogP contribution in [0, 0.1) is 0 Å². The number of halogens is 1. The number of para-hydroxylation sites is 1. The predicted molar refractivity (Wildman–Crippen MR) is 86.0 cm³/mol. The van der Waals surface area contributed by atoms with Gasteiger partial charge >= 0.3 is 0 Å². The third-order valence-corrected chi connectivity index (χ3v) is 3.73. The highest BCUT2D eigenvalue weighted by molar-refractivity contribution is 6.18. The van der Waals surface area contributed by atoms with Crippen molar-refractivity contribution < 1.29 is 4.74 Å². The van der Waals surface area contributed by atoms with E-state index in [0.717, 1.165) is 47.3 Å². The van der Waals surface area contributed by atoms with Crippen LogP contribution in [0.25, 0.3) is 21.9 Å². The van der Waals surface area contributed by atoms with Gasteiger partial charge in [0.1, 0.15) is 11.3 Å². The van der Waals surface area contributed by atoms with E-state index in [1.807, 2.05) is 31.3 Å². The van der Waals surface area contributed by atoms with Gasteiger partial charge in [-0.05, 0) is 13.0 Å². The minimum Gasteiger partial charge on any atom is -0.380 e. The van der Waals surface area contributed by atoms with Crippen LogP contribution >= 0.6 is 11.6 Å². The largest absolute Gasteiger partial charge is 0.380 e. The van der Waals surface area contributed by atoms with E-state index in [-0.39, 0.29) is 0 Å². The average molecular weight is 304 g/mol. The summed E-state index contributed by atoms with van der Waals surface area (Å²) in [6.07, 6.45) is 2.59. The van der Waals surface area contributed by atoms with Crippen LogP contribution < -0.4 is 0 Å². The number of rotatable bonds is 6. The van der Waals surface area contributed by atoms with E-state index in [2.05, 4.69) is 15.6 Å². The lowest BCUT2D eigenvalue weighted by molar-refractivity contribution is 0.139. The normalized spacial score (nSPS) is 11.5. The lowest BCUT2D eigenvalue weighted by Crippen LogP contribution is -2.10. The molecule has 5 heteroatoms. The number of nitrogens with zero attached hydrogens (tertiary/aromatic N) is 3. The van der Waals surface area contributed by atoms with Crippen LogP contribution in [0.1, 0.15) is 12.7 Å². The van der Waals surface area contributed by atoms with Crippen molar-refractivity contribution in [2.45, 2.75) is 19.9 Å². The first-order valence-electron chi connectivity index (χ1n) is 7.21. The molecule has 0 saturated heterocycles. The van der Waals surface area contributed by atoms with Crippen molar-refractivity contribution in [2.24, 2.45) is 0 Å². The van der Waals surface area contributed by atoms with Crippen molar-refractivity contribution in [3.05, 3.63) is 36.3 Å². The van der Waals surface area contributed by atoms with Crippen LogP contribution in [-0.4, -0.2) is 33.6 Å². The van der Waals surface area contributed by atoms with E-state index < -0.39 is 0 Å². The summed E-state index contributed by atoms with van der Waals surface area (Å²) in [5.41, 5.74) is 3.03. The SMILES string of the molecule is CCOCCn1c(CCCl)nc2cnc3ccccc3c21. The number of hydrogen-bond donors (Lipinski definition) is 0. The fourth-order valence-electron chi connectivity index (χ4n) is 2.63. The molecule has 0 unspecified atom stereocenters. The van der Waals surface area contributed by atoms with E-state index in [4.69, 9.17) is 21.3 Å². The second-order valence-corrected chi connectivity index (χ2v) is 5.20. The van der Waals surface area contributed by atoms with Gasteiger partial charge in [0.15, 0.2) is 0 Å². The third-order valence-electron chi connectivity index (χ3n) is 3.54. The van der Waals surface area contributed by atoms with Gasteiger partial charge in [0, 0.05) is 30.8 Å². The van der Waals surface area contributed by atoms with E-state index in [1.54, 1.807) is 0 Å². The smallest absolute Gasteiger partial charge is 0.111 e. The standard InChI is InChI=1S/C16H18ClN3O/c1-2-21-10-9-20-15(7-8-17)19-14-11-18-13-6-4-3-5-12(13)16(14)20/h3-6,11H,2,7-10H2,1H3. The summed E-state index contributed by atoms with van der Waals surface area (Å²) in [7, 11) is 0. The van der Waals surface area contributed by atoms with Crippen molar-refractivity contribution in [1.82, 2.24) is 14.5 Å². The second-order valence-electron chi connectivity index (χ2n) is 4.82. The zero-order valence-corrected chi connectivity index (χ0v) is 12.8. The summed E-state index contributed by atoms with van der Waals surface area (Å²) >= 11 is 5.91. The molecular weight excluding hydrogens is 286 g/mol. The molecule has 0 amide bonds. The van der Waals surface area contributed by atoms with Crippen LogP contribution in [0.5, 0.6) is 0 Å². The van der Waals surface area contributed by atoms with Crippen LogP contribution in [-0.2, 0) is 17.7 Å². The molecule has 0 radical (unpaired) electrons. The summed E-state index contributed by atoms with van der Waals surface area (Å²) in [6, 6.07) is 8.15. The Morgan fingerprint density at radius 1 is 1.24 bits per heavy atom. The lowest BCUT2D eigenvalue weighted by Gasteiger charge is -2.09. The third kappa shape index (κ3) is 2.74. The van der Waals surface area contributed by atoms with Gasteiger partial charge in [-0.3, -0.25) is 4.98 Å². The van der Waals surface area contributed by atoms with Gasteiger partial charge in [-0.2, -0.15) is 0 Å². The molecule has 4 nitrogen and oxygen atoms in total. The summed E-state index contributed by atoms with van der Waals surface area (Å²) in [4.78, 5) is 9.17. The lowest BCUT2D eigenvalue weighted by atomic mass is 10.2. The highest BCUT2D eigenvalue weighted by Gasteiger charge is 2.13. The first kappa shape index (κ1) is 14.3. The van der Waals surface area contributed by atoms with Crippen molar-refractivity contribution in [3.8, 4) is 0 Å². The molecule has 0 aliphatic rings. The molecule has 3 aromatic rings. The van der Waals surface area contributed by atoms with Crippen molar-refractivity contribution in [1.29, 1.82) is 0 Å². The maximum Gasteiger partial charge on any atom is 0.111 e. The van der Waals surface area contributed by atoms with Gasteiger partial charge in [0.05, 0.1) is 23.8 Å². The molecule has 0 aliphatic heterocycles. The van der Waals surface area contributed by atoms with Gasteiger partial charge in [0.2, 0.25) is 0 Å². The Hall–Kier alpha value is -1.65. The molecule has 0 atom stereocenters. The quantitative estimate of drug-likeness (QED) is 0.517. The maximum absolute atomic E-state index is 5.91. The van der Waals surface area contributed by atoms with E-state index >= 15 is 0 Å². The molecule has 3 rings (SSSR count). The van der Waals surface area contributed by atoms with E-state index in [1.165, 1.54) is 0 Å². The van der Waals surface area contributed by atoms with Gasteiger partial charge in [-0.15, -0.1) is 11.6 Å². The number of pyridine rings is 1. The Bertz CT molecular complexity index is 754. The molecule has 2 heterocycles. The summed E-state index contributed by atoms with van der Waals surface area (Å²) < 4.78 is 7.72. The monoisotopic (exact) mass is 303 g/mol. The summed E-state index contributed by atoms with van der Waals surface area (Å²) in [5.74, 6) is 1.56. The zero-order valence-electron chi connectivity index (χ0n) is 12.1. The molecule has 0 aliphatic carbocycles. The fourth-order valence-corrected chi connectivity index (χ4v) is 2.80. The molecule has 0 saturated carbocycles. The highest BCUT2D eigenvalue weighted by Crippen LogP contribution is 2.25. The van der Waals surface area contributed by atoms with Gasteiger partial charge < -0.3 is 9.30 Å². The average Bonchev–Trinajstić information content (AvgIpc) is 2.86. The number of imidazole rings is 1. The highest BCUT2D eigenvalue weighted by atomic mass is 35.5. The minimum absolute atomic E-state index is 0.559. The molecule has 21 heavy (non-hydrogen) atoms. The van der Waals surface area contributed by atoms with Crippen molar-refractivity contribution >= 4 is 33.5 Å². The number of alkyl halides is 1. The predicted octanol–water partition coefficient (Wildman–Crippen LogP) is 3.40. The van der Waals surface area contributed by atoms with Gasteiger partial charge in [-0.1, -0.05) is 18.2 Å². The fraction of sp³-hybridized carbons (Fsp3) is 0.375. The van der Waals surface area contributed by atoms with Crippen LogP contribution in [0.2, 0.25) is 0 Å². The maximum atomic E-state index is 5.91. The number of aryl methyl sites for hydroxylation is 1. The van der Waals surface area contributed by atoms with Crippen molar-refractivity contribution in [2.75, 3.05) is 19.1 Å². The molecule has 0 spiro atoms. The van der Waals surface area contributed by atoms with Gasteiger partial charge in [-0.25, -0.2) is 4.98 Å². The first-order chi connectivity index (χ1) is 10.3. The molecule has 0 bridgehead atoms. The van der Waals surface area contributed by atoms with Gasteiger partial charge in [0.25, 0.3) is 0 Å². The number of hydrogen-bond acceptors (Lipinski definition) is 3. The zero-order chi connectivity index (χ0) is 14.7. The minimum atomic E-state index is 0.559. The Morgan fingerprint density at radius 3 is 2.90 bits per heavy atom. The van der Waals surface area contributed by atoms with Crippen molar-refractivity contribution in [3.63, 3.8) is 0 Å². The molecule has 0 fully saturated rings. The number of fused-ring (bicyclic) bond motifs is 3. The number of aromatic nitrogens is 3. The van der Waals surface area contributed by atoms with Crippen LogP contribution in [0.4, 0.5) is 0 Å². The van der Waals surface area contributed by atoms with E-state index in [0.29, 0.717) is 12.5 Å². The summed E-state index contributed by atoms with van der Waals surface area (Å²) in [5, 5.41) is 1.12. The number of ether oxygens (including phenoxy) is 1. The van der Waals surface area contributed by atoms with Crippen LogP contribution in [0.15, 0.2) is 30.5 Å². The topological polar surface area (TPSA) is 39.9 Å². The summed E-state index contributed by atoms with van der Waals surface area (Å²) in [6.45, 7) is 4.18. The number of benzene rings is 1. The van der Waals surface area contributed by atoms with Crippen LogP contribution in [0.3, 0.4) is 0 Å². The Morgan fingerprint density at radius 2 is 2.10 bits per heavy atom. The Kier molecular flexibility index (Phi) is 4.36. The second kappa shape index (κ2) is 6.41. The Balaban J connectivity index is 2.17. The molecule has 0 N–H and O–H groups in total. The molecular formula is C16H18ClN3O. The first-order valence-corrected chi connectivity index (χ1v) is 7.75.